The maximum absolute atomic E-state index is 12.6. The number of halogens is 4. The van der Waals surface area contributed by atoms with Gasteiger partial charge in [-0.1, -0.05) is 12.1 Å². The number of hydrogen-bond donors (Lipinski definition) is 2. The predicted molar refractivity (Wildman–Crippen MR) is 79.0 cm³/mol. The molecule has 2 aromatic rings. The second-order valence-corrected chi connectivity index (χ2v) is 5.18. The highest BCUT2D eigenvalue weighted by atomic mass is 79.9. The Bertz CT molecular complexity index is 719. The summed E-state index contributed by atoms with van der Waals surface area (Å²) in [4.78, 5) is 12.6. The van der Waals surface area contributed by atoms with Crippen molar-refractivity contribution in [3.8, 4) is 5.75 Å². The highest BCUT2D eigenvalue weighted by Crippen LogP contribution is 2.40. The summed E-state index contributed by atoms with van der Waals surface area (Å²) in [7, 11) is 0. The molecule has 116 valence electrons. The minimum absolute atomic E-state index is 0.146. The van der Waals surface area contributed by atoms with Crippen molar-refractivity contribution in [1.82, 2.24) is 0 Å². The minimum Gasteiger partial charge on any atom is -0.506 e. The number of alkyl halides is 3. The molecule has 0 atom stereocenters. The molecule has 0 spiro atoms. The van der Waals surface area contributed by atoms with Gasteiger partial charge in [0, 0.05) is 4.47 Å². The predicted octanol–water partition coefficient (Wildman–Crippen LogP) is 4.39. The molecule has 8 heteroatoms. The fraction of sp³-hybridized carbons (Fsp3) is 0.0714. The third kappa shape index (κ3) is 3.16. The molecule has 2 aromatic carbocycles. The van der Waals surface area contributed by atoms with Crippen LogP contribution in [0.5, 0.6) is 5.75 Å². The topological polar surface area (TPSA) is 66.6 Å². The van der Waals surface area contributed by atoms with Crippen molar-refractivity contribution in [2.45, 2.75) is 6.18 Å². The molecule has 0 saturated carbocycles. The van der Waals surface area contributed by atoms with Crippen LogP contribution < -0.4 is 10.6 Å². The number of urea groups is 1. The Hall–Kier alpha value is -2.22. The largest absolute Gasteiger partial charge is 0.506 e. The van der Waals surface area contributed by atoms with Gasteiger partial charge in [0.15, 0.2) is 0 Å². The number of phenolic OH excluding ortho intramolecular Hbond substituents is 1. The summed E-state index contributed by atoms with van der Waals surface area (Å²) in [5.41, 5.74) is 4.42. The van der Waals surface area contributed by atoms with Crippen LogP contribution in [0.1, 0.15) is 5.56 Å². The molecule has 2 amide bonds. The quantitative estimate of drug-likeness (QED) is 0.818. The highest BCUT2D eigenvalue weighted by molar-refractivity contribution is 9.10. The van der Waals surface area contributed by atoms with Gasteiger partial charge < -0.3 is 10.8 Å². The molecule has 0 aromatic heterocycles. The van der Waals surface area contributed by atoms with Gasteiger partial charge in [0.1, 0.15) is 5.75 Å². The number of carbonyl (C=O) groups excluding carboxylic acids is 1. The Morgan fingerprint density at radius 1 is 1.14 bits per heavy atom. The summed E-state index contributed by atoms with van der Waals surface area (Å²) < 4.78 is 38.4. The van der Waals surface area contributed by atoms with Crippen molar-refractivity contribution < 1.29 is 23.1 Å². The average molecular weight is 375 g/mol. The number of rotatable bonds is 2. The monoisotopic (exact) mass is 374 g/mol. The Morgan fingerprint density at radius 3 is 2.27 bits per heavy atom. The number of hydrogen-bond acceptors (Lipinski definition) is 2. The highest BCUT2D eigenvalue weighted by Gasteiger charge is 2.32. The van der Waals surface area contributed by atoms with Gasteiger partial charge in [-0.3, -0.25) is 4.90 Å². The number of nitrogens with zero attached hydrogens (tertiary/aromatic N) is 1. The summed E-state index contributed by atoms with van der Waals surface area (Å²) >= 11 is 3.22. The summed E-state index contributed by atoms with van der Waals surface area (Å²) in [5, 5.41) is 9.86. The van der Waals surface area contributed by atoms with Crippen LogP contribution in [0.3, 0.4) is 0 Å². The van der Waals surface area contributed by atoms with Crippen molar-refractivity contribution in [3.05, 3.63) is 52.5 Å². The summed E-state index contributed by atoms with van der Waals surface area (Å²) in [6, 6.07) is 7.84. The van der Waals surface area contributed by atoms with Crippen LogP contribution in [0.25, 0.3) is 0 Å². The zero-order valence-corrected chi connectivity index (χ0v) is 12.5. The number of carbonyl (C=O) groups is 1. The molecule has 0 aliphatic heterocycles. The van der Waals surface area contributed by atoms with Crippen LogP contribution >= 0.6 is 15.9 Å². The lowest BCUT2D eigenvalue weighted by molar-refractivity contribution is -0.137. The van der Waals surface area contributed by atoms with Gasteiger partial charge >= 0.3 is 12.2 Å². The van der Waals surface area contributed by atoms with Crippen molar-refractivity contribution in [2.75, 3.05) is 4.90 Å². The third-order valence-corrected chi connectivity index (χ3v) is 3.53. The van der Waals surface area contributed by atoms with E-state index in [4.69, 9.17) is 5.73 Å². The van der Waals surface area contributed by atoms with E-state index in [1.807, 2.05) is 0 Å². The second-order valence-electron chi connectivity index (χ2n) is 4.33. The summed E-state index contributed by atoms with van der Waals surface area (Å²) in [6.45, 7) is 0. The molecule has 2 rings (SSSR count). The Balaban J connectivity index is 2.56. The number of aromatic hydroxyl groups is 1. The second kappa shape index (κ2) is 5.88. The fourth-order valence-corrected chi connectivity index (χ4v) is 2.35. The number of anilines is 2. The van der Waals surface area contributed by atoms with E-state index in [9.17, 15) is 23.1 Å². The average Bonchev–Trinajstić information content (AvgIpc) is 2.41. The lowest BCUT2D eigenvalue weighted by Crippen LogP contribution is -2.31. The van der Waals surface area contributed by atoms with Crippen LogP contribution in [-0.2, 0) is 6.18 Å². The first kappa shape index (κ1) is 16.2. The van der Waals surface area contributed by atoms with E-state index < -0.39 is 23.5 Å². The van der Waals surface area contributed by atoms with E-state index in [2.05, 4.69) is 15.9 Å². The van der Waals surface area contributed by atoms with Crippen LogP contribution in [0.15, 0.2) is 46.9 Å². The number of primary amides is 1. The molecule has 4 nitrogen and oxygen atoms in total. The smallest absolute Gasteiger partial charge is 0.416 e. The summed E-state index contributed by atoms with van der Waals surface area (Å²) in [6.07, 6.45) is -4.60. The normalized spacial score (nSPS) is 11.3. The molecule has 22 heavy (non-hydrogen) atoms. The number of benzene rings is 2. The zero-order chi connectivity index (χ0) is 16.5. The molecule has 0 aliphatic carbocycles. The standard InChI is InChI=1S/C14H10BrF3N2O2/c15-9-3-1-2-4-10(9)20(13(19)22)11-6-5-8(7-12(11)21)14(16,17)18/h1-7,21H,(H2,19,22). The molecule has 0 aliphatic rings. The molecule has 0 unspecified atom stereocenters. The molecule has 0 fully saturated rings. The van der Waals surface area contributed by atoms with Crippen molar-refractivity contribution in [2.24, 2.45) is 5.73 Å². The molecule has 0 radical (unpaired) electrons. The van der Waals surface area contributed by atoms with Gasteiger partial charge in [0.05, 0.1) is 16.9 Å². The SMILES string of the molecule is NC(=O)N(c1ccc(C(F)(F)F)cc1O)c1ccccc1Br. The van der Waals surface area contributed by atoms with Crippen LogP contribution in [0.4, 0.5) is 29.3 Å². The first-order valence-corrected chi connectivity index (χ1v) is 6.75. The number of amides is 2. The van der Waals surface area contributed by atoms with E-state index in [1.165, 1.54) is 6.07 Å². The Labute approximate surface area is 132 Å². The first-order chi connectivity index (χ1) is 10.2. The van der Waals surface area contributed by atoms with Gasteiger partial charge in [-0.25, -0.2) is 4.79 Å². The first-order valence-electron chi connectivity index (χ1n) is 5.96. The van der Waals surface area contributed by atoms with E-state index in [0.29, 0.717) is 16.2 Å². The molecular formula is C14H10BrF3N2O2. The molecular weight excluding hydrogens is 365 g/mol. The van der Waals surface area contributed by atoms with Crippen LogP contribution in [0, 0.1) is 0 Å². The van der Waals surface area contributed by atoms with Gasteiger partial charge in [-0.2, -0.15) is 13.2 Å². The number of phenols is 1. The van der Waals surface area contributed by atoms with Crippen molar-refractivity contribution in [3.63, 3.8) is 0 Å². The molecule has 0 bridgehead atoms. The minimum atomic E-state index is -4.60. The molecule has 3 N–H and O–H groups in total. The van der Waals surface area contributed by atoms with Gasteiger partial charge in [0.25, 0.3) is 0 Å². The maximum atomic E-state index is 12.6. The lowest BCUT2D eigenvalue weighted by Gasteiger charge is -2.23. The summed E-state index contributed by atoms with van der Waals surface area (Å²) in [5.74, 6) is -0.704. The van der Waals surface area contributed by atoms with E-state index in [-0.39, 0.29) is 5.69 Å². The van der Waals surface area contributed by atoms with Crippen LogP contribution in [-0.4, -0.2) is 11.1 Å². The third-order valence-electron chi connectivity index (χ3n) is 2.86. The Morgan fingerprint density at radius 2 is 1.77 bits per heavy atom. The van der Waals surface area contributed by atoms with Crippen LogP contribution in [0.2, 0.25) is 0 Å². The van der Waals surface area contributed by atoms with Gasteiger partial charge in [-0.15, -0.1) is 0 Å². The van der Waals surface area contributed by atoms with Gasteiger partial charge in [0.2, 0.25) is 0 Å². The van der Waals surface area contributed by atoms with Crippen molar-refractivity contribution >= 4 is 33.3 Å². The van der Waals surface area contributed by atoms with Crippen molar-refractivity contribution in [1.29, 1.82) is 0 Å². The lowest BCUT2D eigenvalue weighted by atomic mass is 10.1. The maximum Gasteiger partial charge on any atom is 0.416 e. The number of nitrogens with two attached hydrogens (primary N) is 1. The molecule has 0 heterocycles. The molecule has 0 saturated heterocycles. The van der Waals surface area contributed by atoms with E-state index in [0.717, 1.165) is 17.0 Å². The van der Waals surface area contributed by atoms with Gasteiger partial charge in [-0.05, 0) is 46.3 Å². The number of para-hydroxylation sites is 1. The van der Waals surface area contributed by atoms with E-state index in [1.54, 1.807) is 18.2 Å². The van der Waals surface area contributed by atoms with E-state index >= 15 is 0 Å². The fourth-order valence-electron chi connectivity index (χ4n) is 1.89. The Kier molecular flexibility index (Phi) is 4.32. The zero-order valence-electron chi connectivity index (χ0n) is 10.9.